The molecule has 164 valence electrons. The molecule has 0 aliphatic carbocycles. The van der Waals surface area contributed by atoms with Gasteiger partial charge in [0.2, 0.25) is 8.32 Å². The third kappa shape index (κ3) is 7.42. The number of nitrogens with zero attached hydrogens (tertiary/aromatic N) is 1. The zero-order chi connectivity index (χ0) is 21.7. The van der Waals surface area contributed by atoms with Gasteiger partial charge in [-0.05, 0) is 49.2 Å². The van der Waals surface area contributed by atoms with Crippen molar-refractivity contribution in [3.63, 3.8) is 0 Å². The highest BCUT2D eigenvalue weighted by atomic mass is 32.2. The fourth-order valence-corrected chi connectivity index (χ4v) is 5.00. The van der Waals surface area contributed by atoms with E-state index in [1.165, 1.54) is 0 Å². The molecule has 2 rings (SSSR count). The van der Waals surface area contributed by atoms with Gasteiger partial charge < -0.3 is 13.9 Å². The van der Waals surface area contributed by atoms with Crippen LogP contribution in [0, 0.1) is 5.41 Å². The van der Waals surface area contributed by atoms with Crippen molar-refractivity contribution in [1.29, 1.82) is 0 Å². The average molecular weight is 438 g/mol. The monoisotopic (exact) mass is 437 g/mol. The Morgan fingerprint density at radius 2 is 1.97 bits per heavy atom. The molecule has 1 aromatic heterocycles. The summed E-state index contributed by atoms with van der Waals surface area (Å²) in [5.41, 5.74) is -0.0733. The number of rotatable bonds is 7. The molecule has 0 aromatic carbocycles. The molecule has 0 N–H and O–H groups in total. The summed E-state index contributed by atoms with van der Waals surface area (Å²) in [6.45, 7) is 19.3. The second-order valence-electron chi connectivity index (χ2n) is 10.2. The highest BCUT2D eigenvalue weighted by molar-refractivity contribution is 7.99. The van der Waals surface area contributed by atoms with Crippen LogP contribution in [0.25, 0.3) is 0 Å². The topological polar surface area (TPSA) is 40.6 Å². The number of ether oxygens (including phenoxy) is 2. The van der Waals surface area contributed by atoms with E-state index in [-0.39, 0.29) is 22.0 Å². The molecule has 1 aliphatic heterocycles. The Hall–Kier alpha value is -0.823. The summed E-state index contributed by atoms with van der Waals surface area (Å²) in [4.78, 5) is 4.41. The smallest absolute Gasteiger partial charge is 0.250 e. The predicted molar refractivity (Wildman–Crippen MR) is 125 cm³/mol. The maximum absolute atomic E-state index is 6.65. The van der Waals surface area contributed by atoms with Crippen molar-refractivity contribution in [2.45, 2.75) is 89.1 Å². The van der Waals surface area contributed by atoms with Crippen LogP contribution < -0.4 is 0 Å². The summed E-state index contributed by atoms with van der Waals surface area (Å²) >= 11 is 1.65. The molecule has 0 amide bonds. The van der Waals surface area contributed by atoms with Gasteiger partial charge in [0.1, 0.15) is 5.44 Å². The van der Waals surface area contributed by atoms with Crippen LogP contribution in [0.2, 0.25) is 18.1 Å². The molecule has 1 saturated heterocycles. The van der Waals surface area contributed by atoms with Gasteiger partial charge in [-0.2, -0.15) is 0 Å². The van der Waals surface area contributed by atoms with Crippen molar-refractivity contribution in [3.8, 4) is 0 Å². The van der Waals surface area contributed by atoms with Gasteiger partial charge in [-0.1, -0.05) is 59.4 Å². The molecule has 2 atom stereocenters. The van der Waals surface area contributed by atoms with Gasteiger partial charge in [0.15, 0.2) is 0 Å². The van der Waals surface area contributed by atoms with Crippen LogP contribution >= 0.6 is 11.8 Å². The summed E-state index contributed by atoms with van der Waals surface area (Å²) in [5.74, 6) is 1.04. The van der Waals surface area contributed by atoms with Gasteiger partial charge in [-0.25, -0.2) is 4.98 Å². The van der Waals surface area contributed by atoms with Crippen LogP contribution in [0.4, 0.5) is 0 Å². The standard InChI is InChI=1S/C23H39NO3SSi/c1-22(2,3)19(27-29(7,8)23(4,5)6)14-17-25-18-12-11-16-26-21(18)28-20-13-9-10-15-24-20/h9-10,13-15,18,21H,11-12,16-17H2,1-8H3/b19-14+/t18-,21-/m0/s1. The van der Waals surface area contributed by atoms with Crippen molar-refractivity contribution >= 4 is 20.1 Å². The van der Waals surface area contributed by atoms with Crippen LogP contribution in [-0.2, 0) is 13.9 Å². The van der Waals surface area contributed by atoms with Crippen LogP contribution in [0.1, 0.15) is 54.4 Å². The Kier molecular flexibility index (Phi) is 8.42. The lowest BCUT2D eigenvalue weighted by atomic mass is 9.94. The molecule has 1 fully saturated rings. The summed E-state index contributed by atoms with van der Waals surface area (Å²) in [7, 11) is -1.89. The van der Waals surface area contributed by atoms with Gasteiger partial charge in [0, 0.05) is 18.2 Å². The molecule has 6 heteroatoms. The van der Waals surface area contributed by atoms with Crippen molar-refractivity contribution in [2.75, 3.05) is 13.2 Å². The Labute approximate surface area is 182 Å². The molecular weight excluding hydrogens is 398 g/mol. The number of allylic oxidation sites excluding steroid dienone is 1. The van der Waals surface area contributed by atoms with Crippen molar-refractivity contribution in [1.82, 2.24) is 4.98 Å². The summed E-state index contributed by atoms with van der Waals surface area (Å²) in [5, 5.41) is 1.14. The van der Waals surface area contributed by atoms with Crippen LogP contribution in [0.5, 0.6) is 0 Å². The predicted octanol–water partition coefficient (Wildman–Crippen LogP) is 6.65. The Bertz CT molecular complexity index is 665. The minimum atomic E-state index is -1.89. The number of thioether (sulfide) groups is 1. The highest BCUT2D eigenvalue weighted by Crippen LogP contribution is 2.41. The van der Waals surface area contributed by atoms with Crippen LogP contribution in [-0.4, -0.2) is 38.1 Å². The minimum absolute atomic E-state index is 0.0218. The fraction of sp³-hybridized carbons (Fsp3) is 0.696. The van der Waals surface area contributed by atoms with Crippen molar-refractivity contribution < 1.29 is 13.9 Å². The summed E-state index contributed by atoms with van der Waals surface area (Å²) in [6.07, 6.45) is 6.04. The Morgan fingerprint density at radius 3 is 2.55 bits per heavy atom. The van der Waals surface area contributed by atoms with E-state index in [1.807, 2.05) is 24.4 Å². The van der Waals surface area contributed by atoms with Crippen LogP contribution in [0.15, 0.2) is 41.3 Å². The number of aromatic nitrogens is 1. The van der Waals surface area contributed by atoms with Gasteiger partial charge in [0.05, 0.1) is 23.5 Å². The zero-order valence-electron chi connectivity index (χ0n) is 19.5. The highest BCUT2D eigenvalue weighted by Gasteiger charge is 2.41. The van der Waals surface area contributed by atoms with Gasteiger partial charge in [-0.15, -0.1) is 0 Å². The number of hydrogen-bond donors (Lipinski definition) is 0. The SMILES string of the molecule is CC(C)(C)/C(=C\CO[C@H]1CCCO[C@H]1Sc1ccccn1)O[Si](C)(C)C(C)(C)C. The third-order valence-corrected chi connectivity index (χ3v) is 11.1. The van der Waals surface area contributed by atoms with E-state index in [9.17, 15) is 0 Å². The lowest BCUT2D eigenvalue weighted by Crippen LogP contribution is -2.42. The van der Waals surface area contributed by atoms with Crippen molar-refractivity contribution in [3.05, 3.63) is 36.2 Å². The maximum atomic E-state index is 6.65. The lowest BCUT2D eigenvalue weighted by Gasteiger charge is -2.40. The molecule has 1 aliphatic rings. The first-order chi connectivity index (χ1) is 13.4. The van der Waals surface area contributed by atoms with E-state index in [1.54, 1.807) is 11.8 Å². The van der Waals surface area contributed by atoms with E-state index in [0.717, 1.165) is 30.2 Å². The zero-order valence-corrected chi connectivity index (χ0v) is 21.3. The largest absolute Gasteiger partial charge is 0.546 e. The minimum Gasteiger partial charge on any atom is -0.546 e. The maximum Gasteiger partial charge on any atom is 0.250 e. The average Bonchev–Trinajstić information content (AvgIpc) is 2.61. The first kappa shape index (κ1) is 24.4. The first-order valence-corrected chi connectivity index (χ1v) is 14.4. The molecule has 0 unspecified atom stereocenters. The second kappa shape index (κ2) is 9.99. The Morgan fingerprint density at radius 1 is 1.24 bits per heavy atom. The van der Waals surface area contributed by atoms with Gasteiger partial charge >= 0.3 is 0 Å². The van der Waals surface area contributed by atoms with Crippen molar-refractivity contribution in [2.24, 2.45) is 5.41 Å². The quantitative estimate of drug-likeness (QED) is 0.353. The van der Waals surface area contributed by atoms with Gasteiger partial charge in [0.25, 0.3) is 0 Å². The number of pyridine rings is 1. The first-order valence-electron chi connectivity index (χ1n) is 10.6. The van der Waals surface area contributed by atoms with E-state index in [2.05, 4.69) is 65.7 Å². The van der Waals surface area contributed by atoms with Gasteiger partial charge in [-0.3, -0.25) is 0 Å². The van der Waals surface area contributed by atoms with E-state index < -0.39 is 8.32 Å². The molecule has 0 saturated carbocycles. The third-order valence-electron chi connectivity index (χ3n) is 5.58. The molecule has 29 heavy (non-hydrogen) atoms. The van der Waals surface area contributed by atoms with E-state index in [0.29, 0.717) is 6.61 Å². The molecule has 2 heterocycles. The van der Waals surface area contributed by atoms with E-state index >= 15 is 0 Å². The summed E-state index contributed by atoms with van der Waals surface area (Å²) in [6, 6.07) is 5.95. The molecular formula is C23H39NO3SSi. The van der Waals surface area contributed by atoms with Crippen LogP contribution in [0.3, 0.4) is 0 Å². The van der Waals surface area contributed by atoms with E-state index in [4.69, 9.17) is 13.9 Å². The molecule has 0 bridgehead atoms. The summed E-state index contributed by atoms with van der Waals surface area (Å²) < 4.78 is 18.9. The molecule has 0 radical (unpaired) electrons. The Balaban J connectivity index is 2.04. The molecule has 1 aromatic rings. The number of hydrogen-bond acceptors (Lipinski definition) is 5. The fourth-order valence-electron chi connectivity index (χ4n) is 2.71. The second-order valence-corrected chi connectivity index (χ2v) is 16.1. The molecule has 0 spiro atoms. The lowest BCUT2D eigenvalue weighted by molar-refractivity contribution is -0.0590. The normalized spacial score (nSPS) is 21.9. The molecule has 4 nitrogen and oxygen atoms in total.